The van der Waals surface area contributed by atoms with Gasteiger partial charge in [-0.2, -0.15) is 11.8 Å². The molecule has 0 saturated carbocycles. The van der Waals surface area contributed by atoms with E-state index in [0.717, 1.165) is 0 Å². The van der Waals surface area contributed by atoms with Gasteiger partial charge in [-0.1, -0.05) is 59.8 Å². The Morgan fingerprint density at radius 3 is 1.81 bits per heavy atom. The van der Waals surface area contributed by atoms with Crippen LogP contribution >= 0.6 is 11.8 Å². The van der Waals surface area contributed by atoms with E-state index in [4.69, 9.17) is 0 Å². The number of hydrogen-bond donors (Lipinski definition) is 0. The number of rotatable bonds is 4. The first-order valence-corrected chi connectivity index (χ1v) is 7.25. The van der Waals surface area contributed by atoms with Crippen LogP contribution in [0.5, 0.6) is 0 Å². The second-order valence-electron chi connectivity index (χ2n) is 6.55. The molecule has 0 aromatic rings. The minimum Gasteiger partial charge on any atom is -0.157 e. The van der Waals surface area contributed by atoms with Crippen molar-refractivity contribution < 1.29 is 0 Å². The molecule has 16 heavy (non-hydrogen) atoms. The fraction of sp³-hybridized carbons (Fsp3) is 0.733. The van der Waals surface area contributed by atoms with Crippen molar-refractivity contribution in [1.82, 2.24) is 0 Å². The Bertz CT molecular complexity index is 237. The molecule has 0 aliphatic carbocycles. The quantitative estimate of drug-likeness (QED) is 0.611. The van der Waals surface area contributed by atoms with Gasteiger partial charge in [0.05, 0.1) is 0 Å². The van der Waals surface area contributed by atoms with Crippen molar-refractivity contribution in [2.75, 3.05) is 6.26 Å². The van der Waals surface area contributed by atoms with Crippen molar-refractivity contribution in [2.45, 2.75) is 46.8 Å². The number of thioether (sulfide) groups is 1. The van der Waals surface area contributed by atoms with Crippen LogP contribution in [-0.2, 0) is 0 Å². The van der Waals surface area contributed by atoms with E-state index in [9.17, 15) is 0 Å². The van der Waals surface area contributed by atoms with Crippen molar-refractivity contribution in [3.63, 3.8) is 0 Å². The van der Waals surface area contributed by atoms with Crippen LogP contribution in [0.4, 0.5) is 0 Å². The minimum atomic E-state index is 0.261. The number of hydrogen-bond acceptors (Lipinski definition) is 1. The van der Waals surface area contributed by atoms with Crippen molar-refractivity contribution in [2.24, 2.45) is 16.7 Å². The van der Waals surface area contributed by atoms with Crippen LogP contribution in [0.3, 0.4) is 0 Å². The summed E-state index contributed by atoms with van der Waals surface area (Å²) in [6, 6.07) is 0. The maximum absolute atomic E-state index is 3.99. The summed E-state index contributed by atoms with van der Waals surface area (Å²) in [4.78, 5) is 0. The van der Waals surface area contributed by atoms with E-state index < -0.39 is 0 Å². The lowest BCUT2D eigenvalue weighted by molar-refractivity contribution is 0.300. The van der Waals surface area contributed by atoms with Gasteiger partial charge in [0.2, 0.25) is 0 Å². The van der Waals surface area contributed by atoms with Gasteiger partial charge in [0, 0.05) is 5.25 Å². The zero-order valence-electron chi connectivity index (χ0n) is 12.0. The lowest BCUT2D eigenvalue weighted by atomic mass is 9.78. The van der Waals surface area contributed by atoms with Gasteiger partial charge in [-0.15, -0.1) is 6.58 Å². The molecule has 0 fully saturated rings. The van der Waals surface area contributed by atoms with Gasteiger partial charge in [0.1, 0.15) is 0 Å². The van der Waals surface area contributed by atoms with Gasteiger partial charge in [0.25, 0.3) is 0 Å². The topological polar surface area (TPSA) is 0 Å². The molecular formula is C15H28S. The molecule has 0 bridgehead atoms. The Balaban J connectivity index is 4.85. The van der Waals surface area contributed by atoms with Crippen molar-refractivity contribution in [3.8, 4) is 0 Å². The third kappa shape index (κ3) is 5.79. The van der Waals surface area contributed by atoms with Crippen molar-refractivity contribution in [1.29, 1.82) is 0 Å². The average Bonchev–Trinajstić information content (AvgIpc) is 2.08. The zero-order chi connectivity index (χ0) is 13.0. The van der Waals surface area contributed by atoms with E-state index in [0.29, 0.717) is 11.2 Å². The van der Waals surface area contributed by atoms with Crippen molar-refractivity contribution in [3.05, 3.63) is 24.8 Å². The third-order valence-electron chi connectivity index (χ3n) is 2.67. The largest absolute Gasteiger partial charge is 0.157 e. The molecule has 0 saturated heterocycles. The Labute approximate surface area is 107 Å². The highest BCUT2D eigenvalue weighted by Crippen LogP contribution is 2.35. The molecule has 0 unspecified atom stereocenters. The highest BCUT2D eigenvalue weighted by molar-refractivity contribution is 7.99. The van der Waals surface area contributed by atoms with Gasteiger partial charge in [-0.3, -0.25) is 0 Å². The van der Waals surface area contributed by atoms with Crippen molar-refractivity contribution >= 4 is 11.8 Å². The van der Waals surface area contributed by atoms with E-state index in [1.54, 1.807) is 0 Å². The zero-order valence-corrected chi connectivity index (χ0v) is 12.8. The molecule has 0 aromatic heterocycles. The predicted molar refractivity (Wildman–Crippen MR) is 79.0 cm³/mol. The first kappa shape index (κ1) is 15.8. The normalized spacial score (nSPS) is 17.4. The van der Waals surface area contributed by atoms with Crippen LogP contribution < -0.4 is 0 Å². The van der Waals surface area contributed by atoms with Gasteiger partial charge in [-0.25, -0.2) is 0 Å². The maximum Gasteiger partial charge on any atom is 0.0292 e. The van der Waals surface area contributed by atoms with Crippen LogP contribution in [0.2, 0.25) is 0 Å². The Morgan fingerprint density at radius 2 is 1.56 bits per heavy atom. The molecule has 0 radical (unpaired) electrons. The van der Waals surface area contributed by atoms with Crippen LogP contribution in [0.15, 0.2) is 24.8 Å². The first-order chi connectivity index (χ1) is 7.11. The van der Waals surface area contributed by atoms with Gasteiger partial charge in [0.15, 0.2) is 0 Å². The molecule has 0 aliphatic rings. The Morgan fingerprint density at radius 1 is 1.06 bits per heavy atom. The molecule has 0 amide bonds. The molecule has 0 nitrogen and oxygen atoms in total. The molecule has 0 heterocycles. The predicted octanol–water partition coefficient (Wildman–Crippen LogP) is 5.17. The summed E-state index contributed by atoms with van der Waals surface area (Å²) in [6.07, 6.45) is 8.95. The summed E-state index contributed by atoms with van der Waals surface area (Å²) >= 11 is 1.91. The molecular weight excluding hydrogens is 212 g/mol. The second kappa shape index (κ2) is 5.95. The van der Waals surface area contributed by atoms with E-state index in [1.807, 2.05) is 11.8 Å². The highest BCUT2D eigenvalue weighted by Gasteiger charge is 2.28. The van der Waals surface area contributed by atoms with Crippen LogP contribution in [0, 0.1) is 16.7 Å². The highest BCUT2D eigenvalue weighted by atomic mass is 32.2. The van der Waals surface area contributed by atoms with Gasteiger partial charge >= 0.3 is 0 Å². The third-order valence-corrected chi connectivity index (χ3v) is 3.66. The van der Waals surface area contributed by atoms with Gasteiger partial charge in [-0.05, 0) is 23.0 Å². The summed E-state index contributed by atoms with van der Waals surface area (Å²) in [5.74, 6) is 0.515. The van der Waals surface area contributed by atoms with E-state index in [1.165, 1.54) is 0 Å². The fourth-order valence-electron chi connectivity index (χ4n) is 1.71. The fourth-order valence-corrected chi connectivity index (χ4v) is 2.76. The van der Waals surface area contributed by atoms with E-state index in [-0.39, 0.29) is 10.8 Å². The molecule has 1 heteroatoms. The first-order valence-electron chi connectivity index (χ1n) is 5.96. The van der Waals surface area contributed by atoms with Crippen LogP contribution in [0.1, 0.15) is 41.5 Å². The molecule has 0 aliphatic heterocycles. The summed E-state index contributed by atoms with van der Waals surface area (Å²) in [5.41, 5.74) is 0.537. The molecule has 0 rings (SSSR count). The molecule has 2 atom stereocenters. The maximum atomic E-state index is 3.99. The summed E-state index contributed by atoms with van der Waals surface area (Å²) in [6.45, 7) is 17.6. The lowest BCUT2D eigenvalue weighted by Gasteiger charge is -2.33. The molecule has 94 valence electrons. The molecule has 0 spiro atoms. The van der Waals surface area contributed by atoms with E-state index in [2.05, 4.69) is 72.6 Å². The minimum absolute atomic E-state index is 0.261. The summed E-state index contributed by atoms with van der Waals surface area (Å²) in [5, 5.41) is 0.525. The Kier molecular flexibility index (Phi) is 5.89. The van der Waals surface area contributed by atoms with Gasteiger partial charge < -0.3 is 0 Å². The summed E-state index contributed by atoms with van der Waals surface area (Å²) < 4.78 is 0. The monoisotopic (exact) mass is 240 g/mol. The van der Waals surface area contributed by atoms with Crippen LogP contribution in [-0.4, -0.2) is 11.5 Å². The number of allylic oxidation sites excluding steroid dienone is 2. The van der Waals surface area contributed by atoms with Crippen LogP contribution in [0.25, 0.3) is 0 Å². The molecule has 0 N–H and O–H groups in total. The smallest absolute Gasteiger partial charge is 0.0292 e. The standard InChI is InChI=1S/C15H28S/c1-9-12(15(5,6)7)13(16-8)10-11-14(2,3)4/h9-13H,1H2,2-8H3/b11-10+/t12-,13+/m0/s1. The SMILES string of the molecule is C=C[C@@H]([C@@H](/C=C/C(C)(C)C)SC)C(C)(C)C. The lowest BCUT2D eigenvalue weighted by Crippen LogP contribution is -2.27. The second-order valence-corrected chi connectivity index (χ2v) is 7.57. The summed E-state index contributed by atoms with van der Waals surface area (Å²) in [7, 11) is 0. The molecule has 0 aromatic carbocycles. The Hall–Kier alpha value is -0.170. The van der Waals surface area contributed by atoms with E-state index >= 15 is 0 Å². The average molecular weight is 240 g/mol.